The molecule has 1 N–H and O–H groups in total. The predicted molar refractivity (Wildman–Crippen MR) is 133 cm³/mol. The molecule has 2 aromatic heterocycles. The number of imidazole rings is 1. The third kappa shape index (κ3) is 3.25. The lowest BCUT2D eigenvalue weighted by molar-refractivity contribution is 0.415. The van der Waals surface area contributed by atoms with E-state index >= 15 is 0 Å². The number of halogens is 1. The molecule has 6 rings (SSSR count). The number of nitrogens with zero attached hydrogens (tertiary/aromatic N) is 3. The van der Waals surface area contributed by atoms with E-state index < -0.39 is 0 Å². The first kappa shape index (κ1) is 19.7. The second-order valence-electron chi connectivity index (χ2n) is 8.54. The molecule has 4 heterocycles. The molecule has 0 spiro atoms. The molecule has 2 aliphatic rings. The summed E-state index contributed by atoms with van der Waals surface area (Å²) in [7, 11) is 1.69. The van der Waals surface area contributed by atoms with E-state index in [9.17, 15) is 0 Å². The molecule has 32 heavy (non-hydrogen) atoms. The first-order valence-corrected chi connectivity index (χ1v) is 12.0. The zero-order valence-electron chi connectivity index (χ0n) is 18.1. The van der Waals surface area contributed by atoms with Crippen molar-refractivity contribution >= 4 is 38.8 Å². The molecule has 2 aliphatic heterocycles. The van der Waals surface area contributed by atoms with Gasteiger partial charge in [-0.25, -0.2) is 4.98 Å². The van der Waals surface area contributed by atoms with Crippen LogP contribution in [0, 0.1) is 0 Å². The van der Waals surface area contributed by atoms with E-state index in [1.165, 1.54) is 48.3 Å². The van der Waals surface area contributed by atoms with Gasteiger partial charge in [0.1, 0.15) is 22.9 Å². The molecule has 6 heteroatoms. The first-order chi connectivity index (χ1) is 15.7. The largest absolute Gasteiger partial charge is 0.497 e. The normalized spacial score (nSPS) is 15.0. The molecule has 2 aromatic carbocycles. The number of pyridine rings is 1. The average Bonchev–Trinajstić information content (AvgIpc) is 3.19. The Labute approximate surface area is 196 Å². The van der Waals surface area contributed by atoms with Crippen LogP contribution in [0.5, 0.6) is 5.75 Å². The van der Waals surface area contributed by atoms with E-state index in [0.717, 1.165) is 46.0 Å². The van der Waals surface area contributed by atoms with Gasteiger partial charge in [-0.05, 0) is 101 Å². The van der Waals surface area contributed by atoms with Crippen molar-refractivity contribution in [2.45, 2.75) is 25.7 Å². The topological polar surface area (TPSA) is 41.8 Å². The number of aromatic nitrogens is 2. The standard InChI is InChI=1S/C26H25BrN4O/c1-32-21-11-9-20(10-12-21)28-26-24(29-23-8-2-7-22(27)31(23)26)19-15-17-5-3-13-30-14-4-6-18(16-19)25(17)30/h2,7-12,15-16,28H,3-6,13-14H2,1H3. The van der Waals surface area contributed by atoms with Crippen LogP contribution >= 0.6 is 15.9 Å². The minimum Gasteiger partial charge on any atom is -0.497 e. The van der Waals surface area contributed by atoms with Crippen LogP contribution in [0.25, 0.3) is 16.9 Å². The van der Waals surface area contributed by atoms with E-state index in [0.29, 0.717) is 0 Å². The number of fused-ring (bicyclic) bond motifs is 1. The van der Waals surface area contributed by atoms with Crippen molar-refractivity contribution < 1.29 is 4.74 Å². The summed E-state index contributed by atoms with van der Waals surface area (Å²) in [5.74, 6) is 1.81. The van der Waals surface area contributed by atoms with Crippen molar-refractivity contribution in [3.63, 3.8) is 0 Å². The Hall–Kier alpha value is -2.99. The van der Waals surface area contributed by atoms with E-state index in [4.69, 9.17) is 9.72 Å². The van der Waals surface area contributed by atoms with Crippen LogP contribution < -0.4 is 15.0 Å². The third-order valence-electron chi connectivity index (χ3n) is 6.55. The highest BCUT2D eigenvalue weighted by Crippen LogP contribution is 2.41. The monoisotopic (exact) mass is 488 g/mol. The lowest BCUT2D eigenvalue weighted by atomic mass is 9.89. The molecule has 0 aliphatic carbocycles. The van der Waals surface area contributed by atoms with Gasteiger partial charge in [-0.15, -0.1) is 0 Å². The Kier molecular flexibility index (Phi) is 4.83. The Morgan fingerprint density at radius 3 is 2.38 bits per heavy atom. The van der Waals surface area contributed by atoms with Crippen LogP contribution in [0.2, 0.25) is 0 Å². The van der Waals surface area contributed by atoms with Crippen molar-refractivity contribution in [1.82, 2.24) is 9.38 Å². The number of ether oxygens (including phenoxy) is 1. The molecule has 4 aromatic rings. The Bertz CT molecular complexity index is 1280. The van der Waals surface area contributed by atoms with Crippen LogP contribution in [0.3, 0.4) is 0 Å². The maximum absolute atomic E-state index is 5.32. The number of methoxy groups -OCH3 is 1. The van der Waals surface area contributed by atoms with Gasteiger partial charge in [0.15, 0.2) is 0 Å². The van der Waals surface area contributed by atoms with Gasteiger partial charge in [0.05, 0.1) is 11.7 Å². The third-order valence-corrected chi connectivity index (χ3v) is 7.17. The van der Waals surface area contributed by atoms with Gasteiger partial charge in [0.2, 0.25) is 0 Å². The van der Waals surface area contributed by atoms with Gasteiger partial charge in [-0.3, -0.25) is 4.40 Å². The van der Waals surface area contributed by atoms with Crippen LogP contribution in [-0.2, 0) is 12.8 Å². The Morgan fingerprint density at radius 2 is 1.69 bits per heavy atom. The van der Waals surface area contributed by atoms with Crippen LogP contribution in [0.1, 0.15) is 24.0 Å². The smallest absolute Gasteiger partial charge is 0.144 e. The fourth-order valence-corrected chi connectivity index (χ4v) is 5.63. The molecule has 0 bridgehead atoms. The molecule has 162 valence electrons. The first-order valence-electron chi connectivity index (χ1n) is 11.2. The lowest BCUT2D eigenvalue weighted by Gasteiger charge is -2.37. The van der Waals surface area contributed by atoms with Gasteiger partial charge in [-0.1, -0.05) is 6.07 Å². The summed E-state index contributed by atoms with van der Waals surface area (Å²) in [6.07, 6.45) is 4.74. The summed E-state index contributed by atoms with van der Waals surface area (Å²) >= 11 is 3.73. The maximum Gasteiger partial charge on any atom is 0.144 e. The van der Waals surface area contributed by atoms with E-state index in [2.05, 4.69) is 48.7 Å². The summed E-state index contributed by atoms with van der Waals surface area (Å²) in [4.78, 5) is 7.65. The average molecular weight is 489 g/mol. The molecule has 0 atom stereocenters. The van der Waals surface area contributed by atoms with Gasteiger partial charge in [0.25, 0.3) is 0 Å². The molecule has 0 radical (unpaired) electrons. The van der Waals surface area contributed by atoms with Gasteiger partial charge in [-0.2, -0.15) is 0 Å². The molecule has 0 fully saturated rings. The zero-order chi connectivity index (χ0) is 21.7. The number of hydrogen-bond donors (Lipinski definition) is 1. The highest BCUT2D eigenvalue weighted by Gasteiger charge is 2.26. The van der Waals surface area contributed by atoms with Crippen LogP contribution in [0.15, 0.2) is 59.2 Å². The Balaban J connectivity index is 1.52. The van der Waals surface area contributed by atoms with Crippen LogP contribution in [0.4, 0.5) is 17.2 Å². The van der Waals surface area contributed by atoms with Gasteiger partial charge in [0, 0.05) is 30.0 Å². The number of nitrogens with one attached hydrogen (secondary N) is 1. The number of benzene rings is 2. The SMILES string of the molecule is COc1ccc(Nc2c(-c3cc4c5c(c3)CCCN5CCC4)nc3cccc(Br)n23)cc1. The Morgan fingerprint density at radius 1 is 0.969 bits per heavy atom. The second-order valence-corrected chi connectivity index (χ2v) is 9.35. The summed E-state index contributed by atoms with van der Waals surface area (Å²) in [6.45, 7) is 2.37. The van der Waals surface area contributed by atoms with E-state index in [1.807, 2.05) is 36.4 Å². The number of anilines is 3. The highest BCUT2D eigenvalue weighted by atomic mass is 79.9. The number of rotatable bonds is 4. The summed E-state index contributed by atoms with van der Waals surface area (Å²) in [5, 5.41) is 3.63. The molecule has 0 saturated heterocycles. The predicted octanol–water partition coefficient (Wildman–Crippen LogP) is 6.21. The number of aryl methyl sites for hydroxylation is 2. The summed E-state index contributed by atoms with van der Waals surface area (Å²) in [6, 6.07) is 18.9. The molecule has 0 amide bonds. The highest BCUT2D eigenvalue weighted by molar-refractivity contribution is 9.10. The minimum atomic E-state index is 0.841. The zero-order valence-corrected chi connectivity index (χ0v) is 19.7. The van der Waals surface area contributed by atoms with Crippen molar-refractivity contribution in [3.8, 4) is 17.0 Å². The summed E-state index contributed by atoms with van der Waals surface area (Å²) in [5.41, 5.74) is 8.50. The van der Waals surface area contributed by atoms with E-state index in [-0.39, 0.29) is 0 Å². The lowest BCUT2D eigenvalue weighted by Crippen LogP contribution is -2.34. The van der Waals surface area contributed by atoms with Crippen LogP contribution in [-0.4, -0.2) is 29.6 Å². The molecule has 0 unspecified atom stereocenters. The molecular formula is C26H25BrN4O. The van der Waals surface area contributed by atoms with E-state index in [1.54, 1.807) is 7.11 Å². The van der Waals surface area contributed by atoms with Crippen molar-refractivity contribution in [1.29, 1.82) is 0 Å². The molecule has 5 nitrogen and oxygen atoms in total. The van der Waals surface area contributed by atoms with Gasteiger partial charge >= 0.3 is 0 Å². The fraction of sp³-hybridized carbons (Fsp3) is 0.269. The molecule has 0 saturated carbocycles. The maximum atomic E-state index is 5.32. The van der Waals surface area contributed by atoms with Crippen molar-refractivity contribution in [2.24, 2.45) is 0 Å². The van der Waals surface area contributed by atoms with Crippen molar-refractivity contribution in [3.05, 3.63) is 70.3 Å². The second kappa shape index (κ2) is 7.85. The summed E-state index contributed by atoms with van der Waals surface area (Å²) < 4.78 is 8.43. The van der Waals surface area contributed by atoms with Gasteiger partial charge < -0.3 is 15.0 Å². The number of hydrogen-bond acceptors (Lipinski definition) is 4. The fourth-order valence-electron chi connectivity index (χ4n) is 5.12. The molecular weight excluding hydrogens is 464 g/mol. The quantitative estimate of drug-likeness (QED) is 0.346. The van der Waals surface area contributed by atoms with Crippen molar-refractivity contribution in [2.75, 3.05) is 30.4 Å². The minimum absolute atomic E-state index is 0.841.